The maximum Gasteiger partial charge on any atom is 0.221 e. The monoisotopic (exact) mass is 717 g/mol. The zero-order valence-electron chi connectivity index (χ0n) is 25.0. The van der Waals surface area contributed by atoms with Crippen LogP contribution in [0.4, 0.5) is 15.9 Å². The summed E-state index contributed by atoms with van der Waals surface area (Å²) < 4.78 is 55.5. The summed E-state index contributed by atoms with van der Waals surface area (Å²) in [5.41, 5.74) is 2.52. The fourth-order valence-electron chi connectivity index (χ4n) is 5.21. The van der Waals surface area contributed by atoms with Gasteiger partial charge in [-0.2, -0.15) is 8.42 Å². The van der Waals surface area contributed by atoms with Crippen LogP contribution in [0, 0.1) is 5.82 Å². The van der Waals surface area contributed by atoms with Gasteiger partial charge in [-0.1, -0.05) is 18.2 Å². The van der Waals surface area contributed by atoms with Crippen LogP contribution in [0.15, 0.2) is 102 Å². The van der Waals surface area contributed by atoms with Crippen LogP contribution >= 0.6 is 15.9 Å². The third-order valence-corrected chi connectivity index (χ3v) is 8.91. The number of benzene rings is 2. The molecule has 1 unspecified atom stereocenters. The van der Waals surface area contributed by atoms with Crippen molar-refractivity contribution in [3.8, 4) is 5.75 Å². The first-order valence-corrected chi connectivity index (χ1v) is 16.6. The van der Waals surface area contributed by atoms with Crippen LogP contribution in [0.1, 0.15) is 36.2 Å². The first-order chi connectivity index (χ1) is 22.9. The van der Waals surface area contributed by atoms with Gasteiger partial charge in [0.25, 0.3) is 0 Å². The number of hydrogen-bond donors (Lipinski definition) is 1. The predicted molar refractivity (Wildman–Crippen MR) is 179 cm³/mol. The highest BCUT2D eigenvalue weighted by molar-refractivity contribution is 9.10. The van der Waals surface area contributed by atoms with E-state index in [1.807, 2.05) is 30.3 Å². The van der Waals surface area contributed by atoms with Gasteiger partial charge in [0.2, 0.25) is 10.3 Å². The number of rotatable bonds is 13. The Morgan fingerprint density at radius 3 is 2.72 bits per heavy atom. The van der Waals surface area contributed by atoms with Gasteiger partial charge in [0.1, 0.15) is 35.2 Å². The third kappa shape index (κ3) is 7.81. The minimum Gasteiger partial charge on any atom is -0.489 e. The van der Waals surface area contributed by atoms with Gasteiger partial charge in [0.05, 0.1) is 40.4 Å². The van der Waals surface area contributed by atoms with Crippen molar-refractivity contribution in [3.05, 3.63) is 125 Å². The van der Waals surface area contributed by atoms with Gasteiger partial charge in [-0.15, -0.1) is 0 Å². The second-order valence-corrected chi connectivity index (χ2v) is 12.5. The van der Waals surface area contributed by atoms with Gasteiger partial charge in [0, 0.05) is 30.3 Å². The molecule has 2 aromatic carbocycles. The number of nitrogens with zero attached hydrogens (tertiary/aromatic N) is 4. The summed E-state index contributed by atoms with van der Waals surface area (Å²) in [6.45, 7) is 0.473. The van der Waals surface area contributed by atoms with Crippen LogP contribution < -0.4 is 10.1 Å². The van der Waals surface area contributed by atoms with E-state index in [9.17, 15) is 12.8 Å². The quantitative estimate of drug-likeness (QED) is 0.0802. The van der Waals surface area contributed by atoms with Gasteiger partial charge in [-0.05, 0) is 88.9 Å². The Labute approximate surface area is 280 Å². The molecule has 10 nitrogen and oxygen atoms in total. The second-order valence-electron chi connectivity index (χ2n) is 10.7. The van der Waals surface area contributed by atoms with Crippen LogP contribution in [-0.2, 0) is 32.0 Å². The summed E-state index contributed by atoms with van der Waals surface area (Å²) in [4.78, 5) is 17.8. The Kier molecular flexibility index (Phi) is 10.1. The van der Waals surface area contributed by atoms with Gasteiger partial charge < -0.3 is 19.5 Å². The van der Waals surface area contributed by atoms with Gasteiger partial charge in [0.15, 0.2) is 5.60 Å². The highest BCUT2D eigenvalue weighted by Gasteiger charge is 2.37. The molecule has 1 aliphatic rings. The van der Waals surface area contributed by atoms with Gasteiger partial charge >= 0.3 is 0 Å². The normalized spacial score (nSPS) is 15.4. The number of anilines is 2. The standard InChI is InChI=1S/C34H29BrFN5O5S/c35-27-17-25(9-10-30(27)45-20-23-6-3-7-24(36)16-23)41-33-26-18-32(38-19-29(26)39-22-40-33)34(12-5-15-46-34)11-4-14-44-21-31(47(42)43)28-8-1-2-13-37-28/h1-3,5-10,13,15-19,22H,4,11-12,14,20-21H2,(H,39,40,41). The molecule has 6 rings (SSSR count). The van der Waals surface area contributed by atoms with Crippen LogP contribution in [0.5, 0.6) is 5.75 Å². The molecule has 4 heterocycles. The first kappa shape index (κ1) is 32.2. The van der Waals surface area contributed by atoms with E-state index in [0.717, 1.165) is 26.8 Å². The molecule has 0 saturated heterocycles. The second kappa shape index (κ2) is 14.8. The van der Waals surface area contributed by atoms with Crippen molar-refractivity contribution in [2.45, 2.75) is 31.5 Å². The molecule has 240 valence electrons. The molecular formula is C34H29BrFN5O5S. The molecule has 0 spiro atoms. The lowest BCUT2D eigenvalue weighted by atomic mass is 9.90. The molecule has 5 aromatic rings. The van der Waals surface area contributed by atoms with Crippen molar-refractivity contribution in [3.63, 3.8) is 0 Å². The first-order valence-electron chi connectivity index (χ1n) is 14.7. The average molecular weight is 719 g/mol. The Morgan fingerprint density at radius 1 is 1.04 bits per heavy atom. The van der Waals surface area contributed by atoms with Crippen LogP contribution in [0.25, 0.3) is 10.9 Å². The van der Waals surface area contributed by atoms with Crippen LogP contribution in [-0.4, -0.2) is 46.4 Å². The van der Waals surface area contributed by atoms with E-state index in [0.29, 0.717) is 48.6 Å². The molecular weight excluding hydrogens is 689 g/mol. The van der Waals surface area contributed by atoms with Crippen molar-refractivity contribution in [2.75, 3.05) is 18.5 Å². The Balaban J connectivity index is 1.14. The highest BCUT2D eigenvalue weighted by Crippen LogP contribution is 2.39. The maximum atomic E-state index is 13.5. The molecule has 1 N–H and O–H groups in total. The Morgan fingerprint density at radius 2 is 1.96 bits per heavy atom. The zero-order valence-corrected chi connectivity index (χ0v) is 27.4. The van der Waals surface area contributed by atoms with Crippen molar-refractivity contribution >= 4 is 53.5 Å². The molecule has 13 heteroatoms. The summed E-state index contributed by atoms with van der Waals surface area (Å²) in [5.74, 6) is 0.895. The van der Waals surface area contributed by atoms with E-state index in [1.54, 1.807) is 49.0 Å². The van der Waals surface area contributed by atoms with E-state index in [-0.39, 0.29) is 23.9 Å². The number of fused-ring (bicyclic) bond motifs is 1. The molecule has 0 amide bonds. The Hall–Kier alpha value is -4.72. The zero-order chi connectivity index (χ0) is 32.6. The fourth-order valence-corrected chi connectivity index (χ4v) is 6.17. The molecule has 3 aromatic heterocycles. The van der Waals surface area contributed by atoms with Crippen LogP contribution in [0.2, 0.25) is 0 Å². The largest absolute Gasteiger partial charge is 0.489 e. The number of hydrogen-bond acceptors (Lipinski definition) is 10. The Bertz CT molecular complexity index is 2050. The number of ether oxygens (including phenoxy) is 3. The summed E-state index contributed by atoms with van der Waals surface area (Å²) in [5, 5.41) is 4.13. The minimum atomic E-state index is -2.45. The number of nitrogens with one attached hydrogen (secondary N) is 1. The van der Waals surface area contributed by atoms with Crippen molar-refractivity contribution in [1.29, 1.82) is 0 Å². The third-order valence-electron chi connectivity index (χ3n) is 7.56. The molecule has 0 saturated carbocycles. The van der Waals surface area contributed by atoms with E-state index in [2.05, 4.69) is 36.2 Å². The average Bonchev–Trinajstić information content (AvgIpc) is 3.56. The molecule has 0 radical (unpaired) electrons. The number of aromatic nitrogens is 4. The molecule has 47 heavy (non-hydrogen) atoms. The lowest BCUT2D eigenvalue weighted by Gasteiger charge is -2.28. The molecule has 0 fully saturated rings. The minimum absolute atomic E-state index is 0.0734. The van der Waals surface area contributed by atoms with Crippen molar-refractivity contribution in [2.24, 2.45) is 0 Å². The lowest BCUT2D eigenvalue weighted by molar-refractivity contribution is 0.0186. The summed E-state index contributed by atoms with van der Waals surface area (Å²) in [6, 6.07) is 18.9. The summed E-state index contributed by atoms with van der Waals surface area (Å²) >= 11 is 3.57. The van der Waals surface area contributed by atoms with Crippen molar-refractivity contribution < 1.29 is 27.0 Å². The van der Waals surface area contributed by atoms with Crippen LogP contribution in [0.3, 0.4) is 0 Å². The maximum absolute atomic E-state index is 13.5. The predicted octanol–water partition coefficient (Wildman–Crippen LogP) is 6.67. The highest BCUT2D eigenvalue weighted by atomic mass is 79.9. The lowest BCUT2D eigenvalue weighted by Crippen LogP contribution is -2.27. The molecule has 1 atom stereocenters. The molecule has 1 aliphatic heterocycles. The van der Waals surface area contributed by atoms with E-state index >= 15 is 0 Å². The smallest absolute Gasteiger partial charge is 0.221 e. The van der Waals surface area contributed by atoms with Crippen molar-refractivity contribution in [1.82, 2.24) is 19.9 Å². The molecule has 0 aliphatic carbocycles. The van der Waals surface area contributed by atoms with E-state index in [4.69, 9.17) is 19.2 Å². The van der Waals surface area contributed by atoms with E-state index < -0.39 is 15.9 Å². The number of halogens is 2. The summed E-state index contributed by atoms with van der Waals surface area (Å²) in [7, 11) is -2.45. The topological polar surface area (TPSA) is 125 Å². The molecule has 0 bridgehead atoms. The fraction of sp³-hybridized carbons (Fsp3) is 0.206. The van der Waals surface area contributed by atoms with E-state index in [1.165, 1.54) is 18.5 Å². The SMILES string of the molecule is O=S(=O)=C(COCCCC1(c2cc3c(Nc4ccc(OCc5cccc(F)c5)c(Br)c4)ncnc3cn2)CC=CO1)c1ccccn1. The summed E-state index contributed by atoms with van der Waals surface area (Å²) in [6.07, 6.45) is 10.1. The number of pyridine rings is 2. The van der Waals surface area contributed by atoms with Gasteiger partial charge in [-0.3, -0.25) is 9.97 Å². The van der Waals surface area contributed by atoms with Gasteiger partial charge in [-0.25, -0.2) is 14.4 Å².